The van der Waals surface area contributed by atoms with Crippen LogP contribution in [0.4, 0.5) is 0 Å². The molecule has 2 rings (SSSR count). The van der Waals surface area contributed by atoms with E-state index in [1.54, 1.807) is 31.4 Å². The molecule has 0 radical (unpaired) electrons. The molecule has 0 aliphatic rings. The van der Waals surface area contributed by atoms with Crippen molar-refractivity contribution in [3.05, 3.63) is 44.6 Å². The maximum Gasteiger partial charge on any atom is 0.337 e. The summed E-state index contributed by atoms with van der Waals surface area (Å²) in [6, 6.07) is 7.08. The van der Waals surface area contributed by atoms with E-state index in [9.17, 15) is 9.90 Å². The van der Waals surface area contributed by atoms with Gasteiger partial charge < -0.3 is 14.6 Å². The predicted octanol–water partition coefficient (Wildman–Crippen LogP) is 4.15. The molecular formula is C15H13BrO4S. The molecule has 0 unspecified atom stereocenters. The summed E-state index contributed by atoms with van der Waals surface area (Å²) in [5, 5.41) is 11.2. The van der Waals surface area contributed by atoms with Gasteiger partial charge in [-0.25, -0.2) is 4.79 Å². The van der Waals surface area contributed by atoms with Crippen LogP contribution in [0.25, 0.3) is 11.6 Å². The van der Waals surface area contributed by atoms with Crippen LogP contribution in [0.3, 0.4) is 0 Å². The summed E-state index contributed by atoms with van der Waals surface area (Å²) in [6.07, 6.45) is 1.61. The molecule has 0 bridgehead atoms. The fourth-order valence-corrected chi connectivity index (χ4v) is 2.98. The van der Waals surface area contributed by atoms with E-state index >= 15 is 0 Å². The number of hydrogen-bond acceptors (Lipinski definition) is 4. The van der Waals surface area contributed by atoms with Gasteiger partial charge >= 0.3 is 5.97 Å². The lowest BCUT2D eigenvalue weighted by Crippen LogP contribution is -1.98. The maximum absolute atomic E-state index is 11.5. The summed E-state index contributed by atoms with van der Waals surface area (Å²) in [6.45, 7) is 0. The Morgan fingerprint density at radius 3 is 2.48 bits per heavy atom. The Bertz CT molecular complexity index is 677. The van der Waals surface area contributed by atoms with Crippen molar-refractivity contribution in [3.63, 3.8) is 0 Å². The summed E-state index contributed by atoms with van der Waals surface area (Å²) in [7, 11) is 3.09. The Labute approximate surface area is 134 Å². The van der Waals surface area contributed by atoms with Crippen LogP contribution < -0.4 is 9.47 Å². The summed E-state index contributed by atoms with van der Waals surface area (Å²) in [5.74, 6) is 0.150. The van der Waals surface area contributed by atoms with E-state index in [1.807, 2.05) is 11.4 Å². The summed E-state index contributed by atoms with van der Waals surface area (Å²) >= 11 is 4.80. The van der Waals surface area contributed by atoms with E-state index in [0.29, 0.717) is 21.9 Å². The number of carboxylic acids is 1. The standard InChI is InChI=1S/C15H13BrO4S/c1-19-12-7-9(11(16)8-13(12)20-2)6-10(15(17)18)14-4-3-5-21-14/h3-8H,1-2H3,(H,17,18)/b10-6-. The third-order valence-corrected chi connectivity index (χ3v) is 4.41. The Balaban J connectivity index is 2.54. The number of hydrogen-bond donors (Lipinski definition) is 1. The largest absolute Gasteiger partial charge is 0.493 e. The number of methoxy groups -OCH3 is 2. The minimum Gasteiger partial charge on any atom is -0.493 e. The molecule has 1 aromatic heterocycles. The molecule has 0 atom stereocenters. The monoisotopic (exact) mass is 368 g/mol. The van der Waals surface area contributed by atoms with Crippen molar-refractivity contribution in [1.29, 1.82) is 0 Å². The Morgan fingerprint density at radius 1 is 1.29 bits per heavy atom. The number of carbonyl (C=O) groups is 1. The summed E-state index contributed by atoms with van der Waals surface area (Å²) in [4.78, 5) is 12.2. The highest BCUT2D eigenvalue weighted by atomic mass is 79.9. The van der Waals surface area contributed by atoms with Crippen molar-refractivity contribution in [3.8, 4) is 11.5 Å². The number of rotatable bonds is 5. The lowest BCUT2D eigenvalue weighted by Gasteiger charge is -2.10. The van der Waals surface area contributed by atoms with Gasteiger partial charge in [-0.3, -0.25) is 0 Å². The van der Waals surface area contributed by atoms with Crippen LogP contribution in [0.15, 0.2) is 34.1 Å². The Kier molecular flexibility index (Phi) is 5.03. The molecule has 0 saturated carbocycles. The van der Waals surface area contributed by atoms with E-state index in [0.717, 1.165) is 4.47 Å². The summed E-state index contributed by atoms with van der Waals surface area (Å²) in [5.41, 5.74) is 0.941. The normalized spacial score (nSPS) is 11.3. The molecule has 0 aliphatic carbocycles. The molecule has 1 heterocycles. The van der Waals surface area contributed by atoms with Crippen LogP contribution in [0, 0.1) is 0 Å². The van der Waals surface area contributed by atoms with E-state index in [-0.39, 0.29) is 5.57 Å². The van der Waals surface area contributed by atoms with E-state index < -0.39 is 5.97 Å². The fraction of sp³-hybridized carbons (Fsp3) is 0.133. The zero-order chi connectivity index (χ0) is 15.4. The van der Waals surface area contributed by atoms with Gasteiger partial charge in [-0.05, 0) is 35.2 Å². The Hall–Kier alpha value is -1.79. The number of ether oxygens (including phenoxy) is 2. The first-order chi connectivity index (χ1) is 10.1. The first kappa shape index (κ1) is 15.6. The molecular weight excluding hydrogens is 356 g/mol. The van der Waals surface area contributed by atoms with Crippen LogP contribution in [0.2, 0.25) is 0 Å². The maximum atomic E-state index is 11.5. The number of thiophene rings is 1. The predicted molar refractivity (Wildman–Crippen MR) is 87.1 cm³/mol. The highest BCUT2D eigenvalue weighted by Gasteiger charge is 2.14. The molecule has 4 nitrogen and oxygen atoms in total. The quantitative estimate of drug-likeness (QED) is 0.805. The fourth-order valence-electron chi connectivity index (χ4n) is 1.81. The molecule has 0 amide bonds. The lowest BCUT2D eigenvalue weighted by molar-refractivity contribution is -0.130. The molecule has 1 aromatic carbocycles. The molecule has 0 spiro atoms. The van der Waals surface area contributed by atoms with Gasteiger partial charge in [-0.2, -0.15) is 0 Å². The first-order valence-electron chi connectivity index (χ1n) is 5.97. The van der Waals surface area contributed by atoms with Gasteiger partial charge in [0, 0.05) is 9.35 Å². The van der Waals surface area contributed by atoms with Crippen molar-refractivity contribution in [2.24, 2.45) is 0 Å². The average Bonchev–Trinajstić information content (AvgIpc) is 2.98. The second kappa shape index (κ2) is 6.78. The van der Waals surface area contributed by atoms with E-state index in [1.165, 1.54) is 18.4 Å². The average molecular weight is 369 g/mol. The van der Waals surface area contributed by atoms with Gasteiger partial charge in [0.25, 0.3) is 0 Å². The third kappa shape index (κ3) is 3.46. The van der Waals surface area contributed by atoms with Crippen LogP contribution in [-0.4, -0.2) is 25.3 Å². The van der Waals surface area contributed by atoms with Crippen LogP contribution in [-0.2, 0) is 4.79 Å². The topological polar surface area (TPSA) is 55.8 Å². The van der Waals surface area contributed by atoms with Crippen LogP contribution in [0.1, 0.15) is 10.4 Å². The zero-order valence-electron chi connectivity index (χ0n) is 11.4. The smallest absolute Gasteiger partial charge is 0.337 e. The van der Waals surface area contributed by atoms with Crippen molar-refractivity contribution >= 4 is 44.9 Å². The van der Waals surface area contributed by atoms with Crippen LogP contribution in [0.5, 0.6) is 11.5 Å². The van der Waals surface area contributed by atoms with Gasteiger partial charge in [-0.1, -0.05) is 22.0 Å². The molecule has 110 valence electrons. The lowest BCUT2D eigenvalue weighted by atomic mass is 10.1. The van der Waals surface area contributed by atoms with Gasteiger partial charge in [0.05, 0.1) is 19.8 Å². The molecule has 2 aromatic rings. The summed E-state index contributed by atoms with van der Waals surface area (Å²) < 4.78 is 11.2. The third-order valence-electron chi connectivity index (χ3n) is 2.82. The number of carboxylic acid groups (broad SMARTS) is 1. The molecule has 0 saturated heterocycles. The second-order valence-electron chi connectivity index (χ2n) is 4.07. The minimum atomic E-state index is -0.973. The van der Waals surface area contributed by atoms with Crippen molar-refractivity contribution < 1.29 is 19.4 Å². The number of aliphatic carboxylic acids is 1. The highest BCUT2D eigenvalue weighted by molar-refractivity contribution is 9.10. The van der Waals surface area contributed by atoms with E-state index in [2.05, 4.69) is 15.9 Å². The SMILES string of the molecule is COc1cc(Br)c(/C=C(\C(=O)O)c2cccs2)cc1OC. The minimum absolute atomic E-state index is 0.234. The van der Waals surface area contributed by atoms with Gasteiger partial charge in [0.2, 0.25) is 0 Å². The van der Waals surface area contributed by atoms with E-state index in [4.69, 9.17) is 9.47 Å². The van der Waals surface area contributed by atoms with Gasteiger partial charge in [0.15, 0.2) is 11.5 Å². The molecule has 21 heavy (non-hydrogen) atoms. The number of halogens is 1. The van der Waals surface area contributed by atoms with Crippen molar-refractivity contribution in [2.45, 2.75) is 0 Å². The molecule has 0 aliphatic heterocycles. The Morgan fingerprint density at radius 2 is 1.95 bits per heavy atom. The highest BCUT2D eigenvalue weighted by Crippen LogP contribution is 2.35. The first-order valence-corrected chi connectivity index (χ1v) is 7.64. The van der Waals surface area contributed by atoms with Gasteiger partial charge in [0.1, 0.15) is 0 Å². The molecule has 6 heteroatoms. The zero-order valence-corrected chi connectivity index (χ0v) is 13.8. The van der Waals surface area contributed by atoms with Crippen LogP contribution >= 0.6 is 27.3 Å². The van der Waals surface area contributed by atoms with Crippen molar-refractivity contribution in [1.82, 2.24) is 0 Å². The number of benzene rings is 1. The van der Waals surface area contributed by atoms with Crippen molar-refractivity contribution in [2.75, 3.05) is 14.2 Å². The second-order valence-corrected chi connectivity index (χ2v) is 5.87. The molecule has 0 fully saturated rings. The van der Waals surface area contributed by atoms with Gasteiger partial charge in [-0.15, -0.1) is 11.3 Å². The molecule has 1 N–H and O–H groups in total.